The molecular weight excluding hydrogens is 300 g/mol. The zero-order chi connectivity index (χ0) is 17.9. The van der Waals surface area contributed by atoms with Gasteiger partial charge in [0.2, 0.25) is 5.91 Å². The number of amides is 1. The van der Waals surface area contributed by atoms with Crippen LogP contribution in [0, 0.1) is 5.92 Å². The molecule has 1 amide bonds. The van der Waals surface area contributed by atoms with Gasteiger partial charge in [-0.1, -0.05) is 13.8 Å². The van der Waals surface area contributed by atoms with Crippen LogP contribution in [0.15, 0.2) is 24.4 Å². The highest BCUT2D eigenvalue weighted by Crippen LogP contribution is 2.24. The minimum atomic E-state index is 0.0613. The summed E-state index contributed by atoms with van der Waals surface area (Å²) in [6.07, 6.45) is 4.74. The summed E-state index contributed by atoms with van der Waals surface area (Å²) in [4.78, 5) is 21.1. The number of hydrogen-bond acceptors (Lipinski definition) is 3. The molecule has 0 bridgehead atoms. The zero-order valence-corrected chi connectivity index (χ0v) is 15.8. The Labute approximate surface area is 145 Å². The van der Waals surface area contributed by atoms with Gasteiger partial charge in [0.15, 0.2) is 0 Å². The van der Waals surface area contributed by atoms with Crippen molar-refractivity contribution in [1.82, 2.24) is 14.5 Å². The predicted octanol–water partition coefficient (Wildman–Crippen LogP) is 3.29. The van der Waals surface area contributed by atoms with E-state index in [2.05, 4.69) is 44.0 Å². The van der Waals surface area contributed by atoms with Gasteiger partial charge in [0.05, 0.1) is 0 Å². The molecule has 0 saturated heterocycles. The standard InChI is InChI=1S/C19H30N4O/c1-7-14(19(24)21(3)4)13-16(8-2)23(6)17-10-9-15-11-12-22(5)18(15)20-17/h9-12,14,16H,7-8,13H2,1-6H3. The third-order valence-corrected chi connectivity index (χ3v) is 4.92. The molecule has 0 radical (unpaired) electrons. The van der Waals surface area contributed by atoms with Gasteiger partial charge < -0.3 is 14.4 Å². The molecule has 2 atom stereocenters. The van der Waals surface area contributed by atoms with Crippen molar-refractivity contribution in [3.8, 4) is 0 Å². The van der Waals surface area contributed by atoms with Crippen LogP contribution in [-0.2, 0) is 11.8 Å². The third-order valence-electron chi connectivity index (χ3n) is 4.92. The van der Waals surface area contributed by atoms with Gasteiger partial charge in [-0.15, -0.1) is 0 Å². The van der Waals surface area contributed by atoms with Crippen molar-refractivity contribution < 1.29 is 4.79 Å². The first-order valence-corrected chi connectivity index (χ1v) is 8.75. The van der Waals surface area contributed by atoms with Crippen LogP contribution >= 0.6 is 0 Å². The summed E-state index contributed by atoms with van der Waals surface area (Å²) in [5.74, 6) is 1.24. The normalized spacial score (nSPS) is 13.8. The first-order chi connectivity index (χ1) is 11.4. The van der Waals surface area contributed by atoms with Crippen molar-refractivity contribution in [2.45, 2.75) is 39.2 Å². The number of aryl methyl sites for hydroxylation is 1. The Morgan fingerprint density at radius 1 is 1.17 bits per heavy atom. The van der Waals surface area contributed by atoms with E-state index in [-0.39, 0.29) is 11.8 Å². The second kappa shape index (κ2) is 7.69. The van der Waals surface area contributed by atoms with Crippen LogP contribution < -0.4 is 4.90 Å². The maximum absolute atomic E-state index is 12.4. The van der Waals surface area contributed by atoms with Crippen LogP contribution in [0.3, 0.4) is 0 Å². The van der Waals surface area contributed by atoms with E-state index in [4.69, 9.17) is 4.98 Å². The van der Waals surface area contributed by atoms with E-state index >= 15 is 0 Å². The Kier molecular flexibility index (Phi) is 5.86. The smallest absolute Gasteiger partial charge is 0.225 e. The largest absolute Gasteiger partial charge is 0.357 e. The molecule has 2 aromatic rings. The quantitative estimate of drug-likeness (QED) is 0.782. The maximum Gasteiger partial charge on any atom is 0.225 e. The lowest BCUT2D eigenvalue weighted by atomic mass is 9.94. The Morgan fingerprint density at radius 3 is 2.46 bits per heavy atom. The maximum atomic E-state index is 12.4. The van der Waals surface area contributed by atoms with E-state index in [9.17, 15) is 4.79 Å². The molecule has 0 aliphatic carbocycles. The summed E-state index contributed by atoms with van der Waals surface area (Å²) in [5, 5.41) is 1.15. The van der Waals surface area contributed by atoms with Gasteiger partial charge in [0.1, 0.15) is 11.5 Å². The molecule has 2 rings (SSSR count). The molecule has 5 heteroatoms. The summed E-state index contributed by atoms with van der Waals surface area (Å²) >= 11 is 0. The van der Waals surface area contributed by atoms with Crippen LogP contribution in [0.5, 0.6) is 0 Å². The average molecular weight is 330 g/mol. The fourth-order valence-electron chi connectivity index (χ4n) is 3.24. The summed E-state index contributed by atoms with van der Waals surface area (Å²) in [7, 11) is 7.76. The molecule has 0 aliphatic heterocycles. The summed E-state index contributed by atoms with van der Waals surface area (Å²) in [6.45, 7) is 4.27. The fourth-order valence-corrected chi connectivity index (χ4v) is 3.24. The van der Waals surface area contributed by atoms with Crippen LogP contribution in [-0.4, -0.2) is 47.5 Å². The molecule has 2 heterocycles. The number of aromatic nitrogens is 2. The molecule has 0 aromatic carbocycles. The highest BCUT2D eigenvalue weighted by Gasteiger charge is 2.25. The average Bonchev–Trinajstić information content (AvgIpc) is 2.95. The molecule has 0 fully saturated rings. The number of hydrogen-bond donors (Lipinski definition) is 0. The van der Waals surface area contributed by atoms with Gasteiger partial charge in [-0.2, -0.15) is 0 Å². The molecule has 132 valence electrons. The lowest BCUT2D eigenvalue weighted by Crippen LogP contribution is -2.38. The molecule has 24 heavy (non-hydrogen) atoms. The second-order valence-electron chi connectivity index (χ2n) is 6.76. The van der Waals surface area contributed by atoms with Crippen LogP contribution in [0.4, 0.5) is 5.82 Å². The van der Waals surface area contributed by atoms with Crippen molar-refractivity contribution in [2.24, 2.45) is 13.0 Å². The highest BCUT2D eigenvalue weighted by molar-refractivity contribution is 5.79. The topological polar surface area (TPSA) is 41.4 Å². The number of pyridine rings is 1. The summed E-state index contributed by atoms with van der Waals surface area (Å²) in [6, 6.07) is 6.55. The third kappa shape index (κ3) is 3.71. The molecule has 5 nitrogen and oxygen atoms in total. The van der Waals surface area contributed by atoms with Crippen LogP contribution in [0.2, 0.25) is 0 Å². The van der Waals surface area contributed by atoms with Gasteiger partial charge in [0, 0.05) is 51.7 Å². The first-order valence-electron chi connectivity index (χ1n) is 8.75. The number of carbonyl (C=O) groups excluding carboxylic acids is 1. The van der Waals surface area contributed by atoms with Gasteiger partial charge in [-0.25, -0.2) is 4.98 Å². The number of anilines is 1. The van der Waals surface area contributed by atoms with E-state index in [0.717, 1.165) is 36.1 Å². The molecule has 2 aromatic heterocycles. The minimum absolute atomic E-state index is 0.0613. The number of nitrogens with zero attached hydrogens (tertiary/aromatic N) is 4. The Balaban J connectivity index is 2.21. The Hall–Kier alpha value is -2.04. The monoisotopic (exact) mass is 330 g/mol. The van der Waals surface area contributed by atoms with E-state index in [1.807, 2.05) is 31.9 Å². The van der Waals surface area contributed by atoms with Crippen molar-refractivity contribution in [3.05, 3.63) is 24.4 Å². The number of carbonyl (C=O) groups is 1. The Bertz CT molecular complexity index is 692. The number of fused-ring (bicyclic) bond motifs is 1. The van der Waals surface area contributed by atoms with Crippen molar-refractivity contribution in [3.63, 3.8) is 0 Å². The molecule has 0 aliphatic rings. The second-order valence-corrected chi connectivity index (χ2v) is 6.76. The molecule has 0 saturated carbocycles. The lowest BCUT2D eigenvalue weighted by Gasteiger charge is -2.31. The van der Waals surface area contributed by atoms with E-state index < -0.39 is 0 Å². The summed E-state index contributed by atoms with van der Waals surface area (Å²) < 4.78 is 2.04. The van der Waals surface area contributed by atoms with Gasteiger partial charge in [-0.05, 0) is 37.5 Å². The van der Waals surface area contributed by atoms with Gasteiger partial charge in [0.25, 0.3) is 0 Å². The molecule has 2 unspecified atom stereocenters. The minimum Gasteiger partial charge on any atom is -0.357 e. The van der Waals surface area contributed by atoms with Gasteiger partial charge >= 0.3 is 0 Å². The first kappa shape index (κ1) is 18.3. The van der Waals surface area contributed by atoms with E-state index in [0.29, 0.717) is 6.04 Å². The van der Waals surface area contributed by atoms with Crippen molar-refractivity contribution in [1.29, 1.82) is 0 Å². The molecular formula is C19H30N4O. The van der Waals surface area contributed by atoms with E-state index in [1.165, 1.54) is 0 Å². The zero-order valence-electron chi connectivity index (χ0n) is 15.8. The predicted molar refractivity (Wildman–Crippen MR) is 100 cm³/mol. The number of rotatable bonds is 7. The van der Waals surface area contributed by atoms with Crippen molar-refractivity contribution >= 4 is 22.8 Å². The Morgan fingerprint density at radius 2 is 1.88 bits per heavy atom. The molecule has 0 spiro atoms. The van der Waals surface area contributed by atoms with Gasteiger partial charge in [-0.3, -0.25) is 4.79 Å². The van der Waals surface area contributed by atoms with Crippen molar-refractivity contribution in [2.75, 3.05) is 26.0 Å². The van der Waals surface area contributed by atoms with Crippen LogP contribution in [0.25, 0.3) is 11.0 Å². The SMILES string of the molecule is CCC(CC(CC)N(C)c1ccc2ccn(C)c2n1)C(=O)N(C)C. The lowest BCUT2D eigenvalue weighted by molar-refractivity contribution is -0.133. The fraction of sp³-hybridized carbons (Fsp3) is 0.579. The van der Waals surface area contributed by atoms with E-state index in [1.54, 1.807) is 4.90 Å². The molecule has 0 N–H and O–H groups in total. The summed E-state index contributed by atoms with van der Waals surface area (Å²) in [5.41, 5.74) is 0.991. The highest BCUT2D eigenvalue weighted by atomic mass is 16.2. The van der Waals surface area contributed by atoms with Crippen LogP contribution in [0.1, 0.15) is 33.1 Å².